The number of aromatic amines is 1. The molecule has 0 aliphatic rings. The molecule has 0 unspecified atom stereocenters. The van der Waals surface area contributed by atoms with Crippen LogP contribution in [0.1, 0.15) is 16.2 Å². The number of hydrogen-bond acceptors (Lipinski definition) is 3. The van der Waals surface area contributed by atoms with Crippen LogP contribution in [0.5, 0.6) is 0 Å². The molecule has 4 heteroatoms. The van der Waals surface area contributed by atoms with Gasteiger partial charge in [-0.25, -0.2) is 4.98 Å². The molecule has 2 aromatic rings. The number of hydrogen-bond donors (Lipinski definition) is 1. The summed E-state index contributed by atoms with van der Waals surface area (Å²) in [7, 11) is 0. The highest BCUT2D eigenvalue weighted by Gasteiger charge is 2.06. The number of aldehydes is 1. The molecule has 14 heavy (non-hydrogen) atoms. The Morgan fingerprint density at radius 1 is 1.50 bits per heavy atom. The SMILES string of the molecule is Cc1[nH]c(-c2cccnc2)nc1C=O. The van der Waals surface area contributed by atoms with E-state index in [1.165, 1.54) is 0 Å². The standard InChI is InChI=1S/C10H9N3O/c1-7-9(6-14)13-10(12-7)8-3-2-4-11-5-8/h2-6H,1H3,(H,12,13). The van der Waals surface area contributed by atoms with Crippen LogP contribution >= 0.6 is 0 Å². The van der Waals surface area contributed by atoms with Crippen molar-refractivity contribution in [2.24, 2.45) is 0 Å². The molecule has 2 aromatic heterocycles. The zero-order chi connectivity index (χ0) is 9.97. The number of rotatable bonds is 2. The smallest absolute Gasteiger partial charge is 0.170 e. The zero-order valence-electron chi connectivity index (χ0n) is 7.69. The molecule has 0 fully saturated rings. The molecule has 2 heterocycles. The van der Waals surface area contributed by atoms with Crippen molar-refractivity contribution < 1.29 is 4.79 Å². The Kier molecular flexibility index (Phi) is 2.10. The first-order chi connectivity index (χ1) is 6.81. The Morgan fingerprint density at radius 3 is 2.93 bits per heavy atom. The van der Waals surface area contributed by atoms with E-state index in [0.717, 1.165) is 17.5 Å². The Balaban J connectivity index is 2.48. The van der Waals surface area contributed by atoms with Crippen molar-refractivity contribution in [3.05, 3.63) is 35.9 Å². The molecule has 0 saturated carbocycles. The average Bonchev–Trinajstić information content (AvgIpc) is 2.61. The summed E-state index contributed by atoms with van der Waals surface area (Å²) in [6.45, 7) is 1.82. The molecule has 70 valence electrons. The second-order valence-corrected chi connectivity index (χ2v) is 2.96. The Bertz CT molecular complexity index is 448. The van der Waals surface area contributed by atoms with E-state index in [9.17, 15) is 4.79 Å². The minimum absolute atomic E-state index is 0.448. The molecule has 0 atom stereocenters. The molecule has 0 amide bonds. The fourth-order valence-corrected chi connectivity index (χ4v) is 1.23. The van der Waals surface area contributed by atoms with Gasteiger partial charge in [-0.1, -0.05) is 0 Å². The number of carbonyl (C=O) groups is 1. The molecule has 0 aliphatic heterocycles. The first-order valence-corrected chi connectivity index (χ1v) is 4.23. The van der Waals surface area contributed by atoms with E-state index < -0.39 is 0 Å². The second-order valence-electron chi connectivity index (χ2n) is 2.96. The van der Waals surface area contributed by atoms with Gasteiger partial charge < -0.3 is 4.98 Å². The number of carbonyl (C=O) groups excluding carboxylic acids is 1. The molecule has 4 nitrogen and oxygen atoms in total. The van der Waals surface area contributed by atoms with Crippen molar-refractivity contribution in [1.29, 1.82) is 0 Å². The molecule has 0 spiro atoms. The van der Waals surface area contributed by atoms with Gasteiger partial charge in [-0.15, -0.1) is 0 Å². The van der Waals surface area contributed by atoms with Gasteiger partial charge in [0.1, 0.15) is 11.5 Å². The Morgan fingerprint density at radius 2 is 2.36 bits per heavy atom. The summed E-state index contributed by atoms with van der Waals surface area (Å²) in [6, 6.07) is 3.72. The van der Waals surface area contributed by atoms with Gasteiger partial charge in [0.2, 0.25) is 0 Å². The normalized spacial score (nSPS) is 10.1. The van der Waals surface area contributed by atoms with Crippen LogP contribution in [0, 0.1) is 6.92 Å². The summed E-state index contributed by atoms with van der Waals surface area (Å²) >= 11 is 0. The first kappa shape index (κ1) is 8.62. The zero-order valence-corrected chi connectivity index (χ0v) is 7.69. The number of nitrogens with one attached hydrogen (secondary N) is 1. The van der Waals surface area contributed by atoms with E-state index in [4.69, 9.17) is 0 Å². The number of aryl methyl sites for hydroxylation is 1. The van der Waals surface area contributed by atoms with Gasteiger partial charge in [0, 0.05) is 23.7 Å². The summed E-state index contributed by atoms with van der Waals surface area (Å²) in [4.78, 5) is 21.7. The molecule has 0 aliphatic carbocycles. The molecular weight excluding hydrogens is 178 g/mol. The van der Waals surface area contributed by atoms with Crippen molar-refractivity contribution in [3.8, 4) is 11.4 Å². The second kappa shape index (κ2) is 3.41. The van der Waals surface area contributed by atoms with E-state index in [1.807, 2.05) is 19.1 Å². The number of imidazole rings is 1. The molecule has 0 saturated heterocycles. The highest BCUT2D eigenvalue weighted by Crippen LogP contribution is 2.15. The fraction of sp³-hybridized carbons (Fsp3) is 0.100. The molecule has 0 radical (unpaired) electrons. The van der Waals surface area contributed by atoms with Crippen LogP contribution in [0.2, 0.25) is 0 Å². The largest absolute Gasteiger partial charge is 0.341 e. The van der Waals surface area contributed by atoms with Crippen LogP contribution in [0.25, 0.3) is 11.4 Å². The van der Waals surface area contributed by atoms with Gasteiger partial charge in [0.15, 0.2) is 6.29 Å². The third kappa shape index (κ3) is 1.42. The van der Waals surface area contributed by atoms with E-state index in [-0.39, 0.29) is 0 Å². The summed E-state index contributed by atoms with van der Waals surface area (Å²) in [5.41, 5.74) is 2.10. The number of aromatic nitrogens is 3. The van der Waals surface area contributed by atoms with E-state index >= 15 is 0 Å². The van der Waals surface area contributed by atoms with Crippen molar-refractivity contribution >= 4 is 6.29 Å². The summed E-state index contributed by atoms with van der Waals surface area (Å²) in [6.07, 6.45) is 4.14. The predicted molar refractivity (Wildman–Crippen MR) is 51.9 cm³/mol. The third-order valence-electron chi connectivity index (χ3n) is 1.97. The first-order valence-electron chi connectivity index (χ1n) is 4.23. The highest BCUT2D eigenvalue weighted by molar-refractivity contribution is 5.75. The van der Waals surface area contributed by atoms with Crippen molar-refractivity contribution in [2.75, 3.05) is 0 Å². The number of nitrogens with zero attached hydrogens (tertiary/aromatic N) is 2. The molecule has 0 aromatic carbocycles. The lowest BCUT2D eigenvalue weighted by molar-refractivity contribution is 0.111. The van der Waals surface area contributed by atoms with Gasteiger partial charge in [0.25, 0.3) is 0 Å². The lowest BCUT2D eigenvalue weighted by Crippen LogP contribution is -1.82. The quantitative estimate of drug-likeness (QED) is 0.726. The van der Waals surface area contributed by atoms with Crippen LogP contribution in [-0.4, -0.2) is 21.2 Å². The monoisotopic (exact) mass is 187 g/mol. The van der Waals surface area contributed by atoms with E-state index in [0.29, 0.717) is 11.5 Å². The maximum Gasteiger partial charge on any atom is 0.170 e. The van der Waals surface area contributed by atoms with Crippen LogP contribution in [0.3, 0.4) is 0 Å². The average molecular weight is 187 g/mol. The minimum atomic E-state index is 0.448. The van der Waals surface area contributed by atoms with Crippen LogP contribution in [0.4, 0.5) is 0 Å². The van der Waals surface area contributed by atoms with Gasteiger partial charge in [0.05, 0.1) is 0 Å². The van der Waals surface area contributed by atoms with E-state index in [2.05, 4.69) is 15.0 Å². The molecule has 1 N–H and O–H groups in total. The van der Waals surface area contributed by atoms with Crippen molar-refractivity contribution in [3.63, 3.8) is 0 Å². The minimum Gasteiger partial charge on any atom is -0.341 e. The Hall–Kier alpha value is -1.97. The number of pyridine rings is 1. The molecule has 0 bridgehead atoms. The Labute approximate surface area is 81.0 Å². The van der Waals surface area contributed by atoms with Crippen LogP contribution < -0.4 is 0 Å². The highest BCUT2D eigenvalue weighted by atomic mass is 16.1. The van der Waals surface area contributed by atoms with Gasteiger partial charge in [-0.05, 0) is 19.1 Å². The lowest BCUT2D eigenvalue weighted by atomic mass is 10.3. The maximum absolute atomic E-state index is 10.6. The maximum atomic E-state index is 10.6. The van der Waals surface area contributed by atoms with E-state index in [1.54, 1.807) is 12.4 Å². The summed E-state index contributed by atoms with van der Waals surface area (Å²) in [5.74, 6) is 0.678. The predicted octanol–water partition coefficient (Wildman–Crippen LogP) is 1.59. The lowest BCUT2D eigenvalue weighted by Gasteiger charge is -1.92. The molecular formula is C10H9N3O. The number of H-pyrrole nitrogens is 1. The topological polar surface area (TPSA) is 58.6 Å². The van der Waals surface area contributed by atoms with Crippen molar-refractivity contribution in [1.82, 2.24) is 15.0 Å². The summed E-state index contributed by atoms with van der Waals surface area (Å²) in [5, 5.41) is 0. The van der Waals surface area contributed by atoms with Crippen LogP contribution in [0.15, 0.2) is 24.5 Å². The molecule has 2 rings (SSSR count). The summed E-state index contributed by atoms with van der Waals surface area (Å²) < 4.78 is 0. The van der Waals surface area contributed by atoms with Gasteiger partial charge in [-0.3, -0.25) is 9.78 Å². The van der Waals surface area contributed by atoms with Gasteiger partial charge in [-0.2, -0.15) is 0 Å². The third-order valence-corrected chi connectivity index (χ3v) is 1.97. The van der Waals surface area contributed by atoms with Crippen LogP contribution in [-0.2, 0) is 0 Å². The van der Waals surface area contributed by atoms with Crippen molar-refractivity contribution in [2.45, 2.75) is 6.92 Å². The van der Waals surface area contributed by atoms with Gasteiger partial charge >= 0.3 is 0 Å². The fourth-order valence-electron chi connectivity index (χ4n) is 1.23.